The van der Waals surface area contributed by atoms with E-state index in [0.29, 0.717) is 43.2 Å². The summed E-state index contributed by atoms with van der Waals surface area (Å²) in [5.74, 6) is 0.721. The average Bonchev–Trinajstić information content (AvgIpc) is 3.68. The van der Waals surface area contributed by atoms with Crippen molar-refractivity contribution < 1.29 is 23.4 Å². The summed E-state index contributed by atoms with van der Waals surface area (Å²) in [6, 6.07) is 7.15. The number of hydrogen-bond acceptors (Lipinski definition) is 9. The van der Waals surface area contributed by atoms with Crippen LogP contribution in [0.15, 0.2) is 30.6 Å². The molecule has 0 spiro atoms. The molecule has 1 aromatic carbocycles. The van der Waals surface area contributed by atoms with E-state index in [0.717, 1.165) is 25.1 Å². The number of aromatic nitrogens is 3. The van der Waals surface area contributed by atoms with Crippen LogP contribution >= 0.6 is 11.6 Å². The van der Waals surface area contributed by atoms with Crippen LogP contribution in [0.25, 0.3) is 11.0 Å². The third kappa shape index (κ3) is 5.32. The molecular formula is C28H32ClFN6O4. The fourth-order valence-electron chi connectivity index (χ4n) is 5.50. The highest BCUT2D eigenvalue weighted by atomic mass is 35.5. The zero-order valence-electron chi connectivity index (χ0n) is 22.7. The van der Waals surface area contributed by atoms with Gasteiger partial charge in [-0.1, -0.05) is 11.6 Å². The van der Waals surface area contributed by atoms with Gasteiger partial charge in [0.1, 0.15) is 40.6 Å². The van der Waals surface area contributed by atoms with E-state index < -0.39 is 11.4 Å². The van der Waals surface area contributed by atoms with Crippen molar-refractivity contribution in [2.45, 2.75) is 63.8 Å². The van der Waals surface area contributed by atoms with Gasteiger partial charge in [0.2, 0.25) is 0 Å². The van der Waals surface area contributed by atoms with Gasteiger partial charge in [0.25, 0.3) is 0 Å². The van der Waals surface area contributed by atoms with Crippen molar-refractivity contribution in [1.29, 1.82) is 0 Å². The molecule has 1 N–H and O–H groups in total. The predicted molar refractivity (Wildman–Crippen MR) is 149 cm³/mol. The van der Waals surface area contributed by atoms with E-state index in [1.165, 1.54) is 6.33 Å². The molecule has 2 bridgehead atoms. The molecule has 0 radical (unpaired) electrons. The summed E-state index contributed by atoms with van der Waals surface area (Å²) in [6.07, 6.45) is 3.87. The Labute approximate surface area is 236 Å². The van der Waals surface area contributed by atoms with E-state index in [2.05, 4.69) is 20.2 Å². The quantitative estimate of drug-likeness (QED) is 0.422. The summed E-state index contributed by atoms with van der Waals surface area (Å²) in [6.45, 7) is 7.86. The van der Waals surface area contributed by atoms with E-state index in [1.54, 1.807) is 12.1 Å². The molecule has 3 saturated heterocycles. The number of carbonyl (C=O) groups excluding carboxylic acids is 1. The smallest absolute Gasteiger partial charge is 0.410 e. The predicted octanol–water partition coefficient (Wildman–Crippen LogP) is 5.32. The van der Waals surface area contributed by atoms with E-state index in [4.69, 9.17) is 30.8 Å². The lowest BCUT2D eigenvalue weighted by atomic mass is 10.2. The maximum Gasteiger partial charge on any atom is 0.410 e. The van der Waals surface area contributed by atoms with Crippen LogP contribution in [0.4, 0.5) is 26.5 Å². The number of carbonyl (C=O) groups is 1. The van der Waals surface area contributed by atoms with Crippen LogP contribution in [0, 0.1) is 5.82 Å². The minimum Gasteiger partial charge on any atom is -0.489 e. The Bertz CT molecular complexity index is 1430. The van der Waals surface area contributed by atoms with Crippen molar-refractivity contribution in [1.82, 2.24) is 19.9 Å². The Morgan fingerprint density at radius 2 is 2.05 bits per heavy atom. The molecular weight excluding hydrogens is 539 g/mol. The molecule has 1 amide bonds. The van der Waals surface area contributed by atoms with Gasteiger partial charge in [-0.25, -0.2) is 24.1 Å². The number of ether oxygens (including phenoxy) is 3. The Morgan fingerprint density at radius 1 is 1.20 bits per heavy atom. The number of nitrogens with one attached hydrogen (secondary N) is 1. The number of nitrogens with zero attached hydrogens (tertiary/aromatic N) is 5. The number of hydrogen-bond donors (Lipinski definition) is 1. The van der Waals surface area contributed by atoms with Crippen molar-refractivity contribution in [2.75, 3.05) is 36.5 Å². The number of rotatable bonds is 6. The Morgan fingerprint density at radius 3 is 2.77 bits per heavy atom. The number of benzene rings is 1. The molecule has 3 aliphatic rings. The van der Waals surface area contributed by atoms with Gasteiger partial charge in [-0.3, -0.25) is 0 Å². The highest BCUT2D eigenvalue weighted by Crippen LogP contribution is 2.37. The maximum atomic E-state index is 15.3. The van der Waals surface area contributed by atoms with E-state index in [-0.39, 0.29) is 40.7 Å². The zero-order chi connectivity index (χ0) is 28.0. The summed E-state index contributed by atoms with van der Waals surface area (Å²) < 4.78 is 32.1. The fraction of sp³-hybridized carbons (Fsp3) is 0.500. The Balaban J connectivity index is 1.19. The summed E-state index contributed by atoms with van der Waals surface area (Å²) in [7, 11) is 0. The molecule has 40 heavy (non-hydrogen) atoms. The van der Waals surface area contributed by atoms with Gasteiger partial charge >= 0.3 is 6.09 Å². The van der Waals surface area contributed by atoms with E-state index in [9.17, 15) is 4.79 Å². The van der Waals surface area contributed by atoms with Crippen molar-refractivity contribution in [2.24, 2.45) is 0 Å². The molecule has 2 aromatic heterocycles. The molecule has 12 heteroatoms. The summed E-state index contributed by atoms with van der Waals surface area (Å²) >= 11 is 6.31. The molecule has 0 unspecified atom stereocenters. The first-order valence-corrected chi connectivity index (χ1v) is 13.9. The van der Waals surface area contributed by atoms with Gasteiger partial charge < -0.3 is 29.3 Å². The third-order valence-corrected chi connectivity index (χ3v) is 7.73. The van der Waals surface area contributed by atoms with Crippen LogP contribution in [0.1, 0.15) is 40.0 Å². The third-order valence-electron chi connectivity index (χ3n) is 7.38. The van der Waals surface area contributed by atoms with Crippen molar-refractivity contribution >= 4 is 46.1 Å². The number of likely N-dealkylation sites (tertiary alicyclic amines) is 1. The molecule has 3 aliphatic heterocycles. The van der Waals surface area contributed by atoms with Crippen molar-refractivity contribution in [3.8, 4) is 5.75 Å². The van der Waals surface area contributed by atoms with Gasteiger partial charge in [0.05, 0.1) is 29.4 Å². The summed E-state index contributed by atoms with van der Waals surface area (Å²) in [5, 5.41) is 2.92. The zero-order valence-corrected chi connectivity index (χ0v) is 23.4. The molecule has 3 atom stereocenters. The number of fused-ring (bicyclic) bond motifs is 3. The molecule has 3 fully saturated rings. The van der Waals surface area contributed by atoms with Crippen LogP contribution in [-0.2, 0) is 9.47 Å². The normalized spacial score (nSPS) is 22.3. The summed E-state index contributed by atoms with van der Waals surface area (Å²) in [4.78, 5) is 30.2. The first kappa shape index (κ1) is 26.8. The lowest BCUT2D eigenvalue weighted by molar-refractivity contribution is 0.0214. The molecule has 0 saturated carbocycles. The van der Waals surface area contributed by atoms with E-state index >= 15 is 4.39 Å². The molecule has 10 nitrogen and oxygen atoms in total. The van der Waals surface area contributed by atoms with Gasteiger partial charge in [-0.05, 0) is 64.3 Å². The monoisotopic (exact) mass is 570 g/mol. The second-order valence-corrected chi connectivity index (χ2v) is 11.8. The molecule has 212 valence electrons. The van der Waals surface area contributed by atoms with Crippen LogP contribution in [0.3, 0.4) is 0 Å². The fourth-order valence-corrected chi connectivity index (χ4v) is 5.72. The molecule has 5 heterocycles. The van der Waals surface area contributed by atoms with E-state index in [1.807, 2.05) is 37.8 Å². The molecule has 6 rings (SSSR count). The van der Waals surface area contributed by atoms with Crippen LogP contribution in [0.5, 0.6) is 5.75 Å². The average molecular weight is 571 g/mol. The first-order valence-electron chi connectivity index (χ1n) is 13.5. The molecule has 3 aromatic rings. The lowest BCUT2D eigenvalue weighted by Gasteiger charge is -2.35. The van der Waals surface area contributed by atoms with Crippen LogP contribution in [0.2, 0.25) is 5.02 Å². The number of amides is 1. The Kier molecular flexibility index (Phi) is 7.03. The van der Waals surface area contributed by atoms with Gasteiger partial charge in [-0.15, -0.1) is 0 Å². The topological polar surface area (TPSA) is 102 Å². The number of piperazine rings is 1. The second kappa shape index (κ2) is 10.5. The van der Waals surface area contributed by atoms with Gasteiger partial charge in [0, 0.05) is 19.7 Å². The Hall–Kier alpha value is -3.44. The van der Waals surface area contributed by atoms with Gasteiger partial charge in [-0.2, -0.15) is 0 Å². The minimum atomic E-state index is -0.645. The van der Waals surface area contributed by atoms with Crippen LogP contribution in [-0.4, -0.2) is 76.0 Å². The lowest BCUT2D eigenvalue weighted by Crippen LogP contribution is -2.50. The maximum absolute atomic E-state index is 15.3. The largest absolute Gasteiger partial charge is 0.489 e. The highest BCUT2D eigenvalue weighted by molar-refractivity contribution is 6.32. The van der Waals surface area contributed by atoms with Gasteiger partial charge in [0.15, 0.2) is 11.6 Å². The SMILES string of the molecule is CC(C)(C)OC(=O)N1C[C@@H]2C[C@H]1CN2c1ccc2ncnc(Nc3ccc(OC[C@@H]4CCCO4)c(Cl)c3F)c2n1. The minimum absolute atomic E-state index is 0.00390. The number of anilines is 3. The highest BCUT2D eigenvalue weighted by Gasteiger charge is 2.47. The number of halogens is 2. The standard InChI is InChI=1S/C28H32ClFN6O4/c1-28(2,3)40-27(37)36-13-16-11-17(36)12-35(16)22-9-7-20-25(34-22)26(32-15-31-20)33-19-6-8-21(23(29)24(19)30)39-14-18-5-4-10-38-18/h6-9,15-18H,4-5,10-14H2,1-3H3,(H,31,32,33)/t16-,17-,18-/m0/s1. The number of pyridine rings is 1. The van der Waals surface area contributed by atoms with Crippen LogP contribution < -0.4 is 15.0 Å². The van der Waals surface area contributed by atoms with Crippen molar-refractivity contribution in [3.63, 3.8) is 0 Å². The van der Waals surface area contributed by atoms with Crippen molar-refractivity contribution in [3.05, 3.63) is 41.4 Å². The second-order valence-electron chi connectivity index (χ2n) is 11.4. The summed E-state index contributed by atoms with van der Waals surface area (Å²) in [5.41, 5.74) is 0.725. The first-order chi connectivity index (χ1) is 19.2. The molecule has 0 aliphatic carbocycles.